The maximum absolute atomic E-state index is 11.3. The van der Waals surface area contributed by atoms with E-state index in [1.54, 1.807) is 0 Å². The average Bonchev–Trinajstić information content (AvgIpc) is 2.20. The molecule has 0 aliphatic rings. The summed E-state index contributed by atoms with van der Waals surface area (Å²) in [7, 11) is 0. The van der Waals surface area contributed by atoms with Gasteiger partial charge in [-0.25, -0.2) is 0 Å². The van der Waals surface area contributed by atoms with E-state index in [4.69, 9.17) is 9.47 Å². The first-order valence-corrected chi connectivity index (χ1v) is 6.52. The zero-order chi connectivity index (χ0) is 14.2. The molecule has 0 atom stereocenters. The highest BCUT2D eigenvalue weighted by atomic mass is 16.6. The van der Waals surface area contributed by atoms with E-state index < -0.39 is 11.9 Å². The Bertz CT molecular complexity index is 263. The molecule has 0 aromatic carbocycles. The minimum Gasteiger partial charge on any atom is -0.465 e. The molecule has 0 amide bonds. The molecule has 0 fully saturated rings. The Balaban J connectivity index is 3.65. The van der Waals surface area contributed by atoms with Crippen LogP contribution in [0.4, 0.5) is 0 Å². The molecule has 0 spiro atoms. The van der Waals surface area contributed by atoms with E-state index in [-0.39, 0.29) is 11.8 Å². The Kier molecular flexibility index (Phi) is 7.64. The van der Waals surface area contributed by atoms with Crippen molar-refractivity contribution < 1.29 is 19.1 Å². The first kappa shape index (κ1) is 16.9. The van der Waals surface area contributed by atoms with Gasteiger partial charge in [0.25, 0.3) is 0 Å². The molecule has 0 unspecified atom stereocenters. The highest BCUT2D eigenvalue weighted by molar-refractivity contribution is 5.91. The van der Waals surface area contributed by atoms with Gasteiger partial charge in [0.1, 0.15) is 6.42 Å². The standard InChI is InChI=1S/C14H26O4/c1-11(2)7-6-8-17-12(15)9-13(16)18-10-14(3,4)5/h11H,6-10H2,1-5H3. The fraction of sp³-hybridized carbons (Fsp3) is 0.857. The number of ether oxygens (including phenoxy) is 2. The monoisotopic (exact) mass is 258 g/mol. The second-order valence-electron chi connectivity index (χ2n) is 6.15. The Morgan fingerprint density at radius 2 is 1.61 bits per heavy atom. The molecule has 0 saturated heterocycles. The SMILES string of the molecule is CC(C)CCCOC(=O)CC(=O)OCC(C)(C)C. The van der Waals surface area contributed by atoms with E-state index in [2.05, 4.69) is 13.8 Å². The lowest BCUT2D eigenvalue weighted by Crippen LogP contribution is -2.21. The molecule has 0 bridgehead atoms. The molecule has 0 radical (unpaired) electrons. The predicted octanol–water partition coefficient (Wildman–Crippen LogP) is 2.95. The zero-order valence-corrected chi connectivity index (χ0v) is 12.2. The minimum absolute atomic E-state index is 0.0865. The average molecular weight is 258 g/mol. The van der Waals surface area contributed by atoms with Gasteiger partial charge >= 0.3 is 11.9 Å². The van der Waals surface area contributed by atoms with Gasteiger partial charge in [-0.1, -0.05) is 34.6 Å². The lowest BCUT2D eigenvalue weighted by atomic mass is 9.99. The van der Waals surface area contributed by atoms with Gasteiger partial charge in [-0.15, -0.1) is 0 Å². The molecule has 4 heteroatoms. The summed E-state index contributed by atoms with van der Waals surface area (Å²) in [5.41, 5.74) is -0.0865. The van der Waals surface area contributed by atoms with Crippen molar-refractivity contribution in [1.82, 2.24) is 0 Å². The van der Waals surface area contributed by atoms with Crippen LogP contribution in [0.1, 0.15) is 53.9 Å². The maximum Gasteiger partial charge on any atom is 0.317 e. The summed E-state index contributed by atoms with van der Waals surface area (Å²) in [6.07, 6.45) is 1.56. The molecular weight excluding hydrogens is 232 g/mol. The second kappa shape index (κ2) is 8.11. The normalized spacial score (nSPS) is 11.4. The minimum atomic E-state index is -0.515. The van der Waals surface area contributed by atoms with Crippen LogP contribution in [-0.2, 0) is 19.1 Å². The lowest BCUT2D eigenvalue weighted by Gasteiger charge is -2.17. The van der Waals surface area contributed by atoms with Gasteiger partial charge in [0.2, 0.25) is 0 Å². The van der Waals surface area contributed by atoms with Gasteiger partial charge < -0.3 is 9.47 Å². The summed E-state index contributed by atoms with van der Waals surface area (Å²) in [6, 6.07) is 0. The van der Waals surface area contributed by atoms with Gasteiger partial charge in [0.05, 0.1) is 13.2 Å². The number of rotatable bonds is 7. The summed E-state index contributed by atoms with van der Waals surface area (Å²) in [4.78, 5) is 22.6. The van der Waals surface area contributed by atoms with Crippen LogP contribution >= 0.6 is 0 Å². The summed E-state index contributed by atoms with van der Waals surface area (Å²) >= 11 is 0. The maximum atomic E-state index is 11.3. The molecule has 0 saturated carbocycles. The van der Waals surface area contributed by atoms with Crippen molar-refractivity contribution in [3.8, 4) is 0 Å². The lowest BCUT2D eigenvalue weighted by molar-refractivity contribution is -0.156. The van der Waals surface area contributed by atoms with Crippen molar-refractivity contribution >= 4 is 11.9 Å². The summed E-state index contributed by atoms with van der Waals surface area (Å²) in [5.74, 6) is -0.420. The van der Waals surface area contributed by atoms with E-state index >= 15 is 0 Å². The van der Waals surface area contributed by atoms with Crippen molar-refractivity contribution in [2.24, 2.45) is 11.3 Å². The summed E-state index contributed by atoms with van der Waals surface area (Å²) in [6.45, 7) is 10.8. The van der Waals surface area contributed by atoms with Crippen LogP contribution < -0.4 is 0 Å². The first-order chi connectivity index (χ1) is 8.20. The van der Waals surface area contributed by atoms with Gasteiger partial charge in [-0.3, -0.25) is 9.59 Å². The van der Waals surface area contributed by atoms with Crippen LogP contribution in [0, 0.1) is 11.3 Å². The fourth-order valence-electron chi connectivity index (χ4n) is 1.19. The third kappa shape index (κ3) is 11.4. The Morgan fingerprint density at radius 1 is 1.06 bits per heavy atom. The fourth-order valence-corrected chi connectivity index (χ4v) is 1.19. The molecule has 0 aliphatic heterocycles. The Hall–Kier alpha value is -1.06. The highest BCUT2D eigenvalue weighted by Crippen LogP contribution is 2.13. The van der Waals surface area contributed by atoms with Crippen LogP contribution in [-0.4, -0.2) is 25.2 Å². The van der Waals surface area contributed by atoms with Gasteiger partial charge in [-0.2, -0.15) is 0 Å². The summed E-state index contributed by atoms with van der Waals surface area (Å²) < 4.78 is 9.94. The smallest absolute Gasteiger partial charge is 0.317 e. The molecule has 0 N–H and O–H groups in total. The van der Waals surface area contributed by atoms with E-state index in [0.29, 0.717) is 19.1 Å². The Labute approximate surface area is 110 Å². The third-order valence-corrected chi connectivity index (χ3v) is 2.14. The molecule has 0 aliphatic carbocycles. The van der Waals surface area contributed by atoms with Crippen LogP contribution in [0.15, 0.2) is 0 Å². The summed E-state index contributed by atoms with van der Waals surface area (Å²) in [5, 5.41) is 0. The van der Waals surface area contributed by atoms with Crippen LogP contribution in [0.3, 0.4) is 0 Å². The predicted molar refractivity (Wildman–Crippen MR) is 70.1 cm³/mol. The van der Waals surface area contributed by atoms with Crippen LogP contribution in [0.2, 0.25) is 0 Å². The molecule has 0 heterocycles. The molecule has 106 valence electrons. The largest absolute Gasteiger partial charge is 0.465 e. The highest BCUT2D eigenvalue weighted by Gasteiger charge is 2.16. The van der Waals surface area contributed by atoms with Crippen molar-refractivity contribution in [2.75, 3.05) is 13.2 Å². The van der Waals surface area contributed by atoms with Gasteiger partial charge in [0, 0.05) is 0 Å². The van der Waals surface area contributed by atoms with Crippen LogP contribution in [0.5, 0.6) is 0 Å². The zero-order valence-electron chi connectivity index (χ0n) is 12.2. The number of carbonyl (C=O) groups excluding carboxylic acids is 2. The van der Waals surface area contributed by atoms with E-state index in [1.807, 2.05) is 20.8 Å². The quantitative estimate of drug-likeness (QED) is 0.400. The number of carbonyl (C=O) groups is 2. The van der Waals surface area contributed by atoms with Crippen molar-refractivity contribution in [3.63, 3.8) is 0 Å². The van der Waals surface area contributed by atoms with E-state index in [1.165, 1.54) is 0 Å². The first-order valence-electron chi connectivity index (χ1n) is 6.52. The molecule has 18 heavy (non-hydrogen) atoms. The molecule has 0 aromatic heterocycles. The second-order valence-corrected chi connectivity index (χ2v) is 6.15. The van der Waals surface area contributed by atoms with Crippen molar-refractivity contribution in [1.29, 1.82) is 0 Å². The third-order valence-electron chi connectivity index (χ3n) is 2.14. The number of hydrogen-bond donors (Lipinski definition) is 0. The topological polar surface area (TPSA) is 52.6 Å². The molecule has 0 aromatic rings. The van der Waals surface area contributed by atoms with Gasteiger partial charge in [-0.05, 0) is 24.2 Å². The van der Waals surface area contributed by atoms with Crippen LogP contribution in [0.25, 0.3) is 0 Å². The Morgan fingerprint density at radius 3 is 2.11 bits per heavy atom. The van der Waals surface area contributed by atoms with Gasteiger partial charge in [0.15, 0.2) is 0 Å². The number of esters is 2. The number of hydrogen-bond acceptors (Lipinski definition) is 4. The van der Waals surface area contributed by atoms with Crippen molar-refractivity contribution in [2.45, 2.75) is 53.9 Å². The molecular formula is C14H26O4. The van der Waals surface area contributed by atoms with E-state index in [0.717, 1.165) is 12.8 Å². The molecule has 0 rings (SSSR count). The molecule has 4 nitrogen and oxygen atoms in total. The van der Waals surface area contributed by atoms with Crippen molar-refractivity contribution in [3.05, 3.63) is 0 Å². The van der Waals surface area contributed by atoms with E-state index in [9.17, 15) is 9.59 Å².